The minimum Gasteiger partial charge on any atom is -0.493 e. The van der Waals surface area contributed by atoms with Gasteiger partial charge in [-0.15, -0.1) is 0 Å². The van der Waals surface area contributed by atoms with Gasteiger partial charge in [-0.25, -0.2) is 0 Å². The highest BCUT2D eigenvalue weighted by molar-refractivity contribution is 6.33. The second kappa shape index (κ2) is 10.4. The topological polar surface area (TPSA) is 34.2 Å². The van der Waals surface area contributed by atoms with E-state index < -0.39 is 0 Å². The van der Waals surface area contributed by atoms with E-state index in [0.717, 1.165) is 62.0 Å². The molecule has 0 aliphatic carbocycles. The van der Waals surface area contributed by atoms with E-state index >= 15 is 0 Å². The number of para-hydroxylation sites is 1. The van der Waals surface area contributed by atoms with E-state index in [9.17, 15) is 0 Å². The van der Waals surface area contributed by atoms with Crippen molar-refractivity contribution in [3.05, 3.63) is 47.5 Å². The Morgan fingerprint density at radius 2 is 1.64 bits per heavy atom. The molecule has 0 spiro atoms. The zero-order valence-electron chi connectivity index (χ0n) is 16.7. The summed E-state index contributed by atoms with van der Waals surface area (Å²) in [6.07, 6.45) is 2.15. The molecule has 0 saturated carbocycles. The van der Waals surface area contributed by atoms with Gasteiger partial charge in [-0.2, -0.15) is 0 Å². The lowest BCUT2D eigenvalue weighted by Crippen LogP contribution is -2.46. The monoisotopic (exact) mass is 404 g/mol. The quantitative estimate of drug-likeness (QED) is 0.581. The number of nitrogens with zero attached hydrogens (tertiary/aromatic N) is 2. The molecule has 1 heterocycles. The highest BCUT2D eigenvalue weighted by atomic mass is 35.5. The molecule has 152 valence electrons. The molecule has 1 fully saturated rings. The Balaban J connectivity index is 1.34. The molecule has 5 nitrogen and oxygen atoms in total. The van der Waals surface area contributed by atoms with E-state index in [2.05, 4.69) is 15.9 Å². The van der Waals surface area contributed by atoms with Gasteiger partial charge < -0.3 is 19.1 Å². The van der Waals surface area contributed by atoms with Gasteiger partial charge >= 0.3 is 0 Å². The maximum atomic E-state index is 6.31. The summed E-state index contributed by atoms with van der Waals surface area (Å²) in [6, 6.07) is 13.7. The molecule has 0 unspecified atom stereocenters. The molecule has 2 aromatic carbocycles. The van der Waals surface area contributed by atoms with Gasteiger partial charge in [0.1, 0.15) is 5.75 Å². The van der Waals surface area contributed by atoms with Crippen LogP contribution >= 0.6 is 11.6 Å². The number of hydrogen-bond donors (Lipinski definition) is 0. The molecule has 0 radical (unpaired) electrons. The van der Waals surface area contributed by atoms with E-state index in [1.54, 1.807) is 14.2 Å². The Bertz CT molecular complexity index is 748. The first-order valence-corrected chi connectivity index (χ1v) is 10.2. The van der Waals surface area contributed by atoms with E-state index in [-0.39, 0.29) is 0 Å². The van der Waals surface area contributed by atoms with Gasteiger partial charge in [-0.05, 0) is 43.7 Å². The molecule has 0 N–H and O–H groups in total. The molecule has 28 heavy (non-hydrogen) atoms. The van der Waals surface area contributed by atoms with Crippen LogP contribution in [-0.2, 0) is 0 Å². The van der Waals surface area contributed by atoms with Crippen LogP contribution in [0.15, 0.2) is 42.5 Å². The van der Waals surface area contributed by atoms with Crippen LogP contribution in [0.3, 0.4) is 0 Å². The van der Waals surface area contributed by atoms with Crippen molar-refractivity contribution >= 4 is 17.3 Å². The molecule has 0 bridgehead atoms. The Morgan fingerprint density at radius 1 is 0.893 bits per heavy atom. The summed E-state index contributed by atoms with van der Waals surface area (Å²) in [5, 5.41) is 0.836. The van der Waals surface area contributed by atoms with Crippen LogP contribution in [0.1, 0.15) is 12.8 Å². The molecule has 1 aliphatic heterocycles. The zero-order valence-corrected chi connectivity index (χ0v) is 17.5. The molecule has 2 aromatic rings. The van der Waals surface area contributed by atoms with Crippen molar-refractivity contribution in [2.45, 2.75) is 12.8 Å². The lowest BCUT2D eigenvalue weighted by molar-refractivity contribution is 0.238. The zero-order chi connectivity index (χ0) is 19.8. The van der Waals surface area contributed by atoms with Gasteiger partial charge in [0.15, 0.2) is 11.5 Å². The predicted molar refractivity (Wildman–Crippen MR) is 114 cm³/mol. The Kier molecular flexibility index (Phi) is 7.69. The first-order chi connectivity index (χ1) is 13.7. The molecule has 3 rings (SSSR count). The van der Waals surface area contributed by atoms with Crippen LogP contribution in [0.25, 0.3) is 0 Å². The third-order valence-corrected chi connectivity index (χ3v) is 5.38. The van der Waals surface area contributed by atoms with Crippen LogP contribution in [0.5, 0.6) is 17.2 Å². The first-order valence-electron chi connectivity index (χ1n) is 9.78. The van der Waals surface area contributed by atoms with Crippen molar-refractivity contribution in [3.63, 3.8) is 0 Å². The molecule has 6 heteroatoms. The standard InChI is InChI=1S/C22H29ClN2O3/c1-26-21-10-9-18(17-22(21)27-2)28-16-6-5-11-24-12-14-25(15-13-24)20-8-4-3-7-19(20)23/h3-4,7-10,17H,5-6,11-16H2,1-2H3. The maximum absolute atomic E-state index is 6.31. The van der Waals surface area contributed by atoms with Crippen molar-refractivity contribution in [3.8, 4) is 17.2 Å². The first kappa shape index (κ1) is 20.6. The summed E-state index contributed by atoms with van der Waals surface area (Å²) in [6.45, 7) is 5.99. The predicted octanol–water partition coefficient (Wildman–Crippen LogP) is 4.34. The van der Waals surface area contributed by atoms with Crippen molar-refractivity contribution in [1.82, 2.24) is 4.90 Å². The normalized spacial score (nSPS) is 14.8. The van der Waals surface area contributed by atoms with E-state index in [1.165, 1.54) is 0 Å². The number of hydrogen-bond acceptors (Lipinski definition) is 5. The van der Waals surface area contributed by atoms with Gasteiger partial charge in [0.25, 0.3) is 0 Å². The highest BCUT2D eigenvalue weighted by Crippen LogP contribution is 2.31. The van der Waals surface area contributed by atoms with Crippen molar-refractivity contribution in [1.29, 1.82) is 0 Å². The van der Waals surface area contributed by atoms with Crippen molar-refractivity contribution in [2.24, 2.45) is 0 Å². The average Bonchev–Trinajstić information content (AvgIpc) is 2.74. The number of ether oxygens (including phenoxy) is 3. The van der Waals surface area contributed by atoms with Gasteiger partial charge in [-0.1, -0.05) is 23.7 Å². The fraction of sp³-hybridized carbons (Fsp3) is 0.455. The van der Waals surface area contributed by atoms with Gasteiger partial charge in [-0.3, -0.25) is 4.90 Å². The molecule has 1 saturated heterocycles. The van der Waals surface area contributed by atoms with Crippen LogP contribution in [0.2, 0.25) is 5.02 Å². The summed E-state index contributed by atoms with van der Waals surface area (Å²) >= 11 is 6.31. The molecule has 0 aromatic heterocycles. The van der Waals surface area contributed by atoms with Crippen LogP contribution in [0, 0.1) is 0 Å². The summed E-state index contributed by atoms with van der Waals surface area (Å²) in [5.74, 6) is 2.22. The number of unbranched alkanes of at least 4 members (excludes halogenated alkanes) is 1. The largest absolute Gasteiger partial charge is 0.493 e. The second-order valence-corrected chi connectivity index (χ2v) is 7.26. The highest BCUT2D eigenvalue weighted by Gasteiger charge is 2.18. The minimum atomic E-state index is 0.691. The Morgan fingerprint density at radius 3 is 2.36 bits per heavy atom. The third-order valence-electron chi connectivity index (χ3n) is 5.06. The van der Waals surface area contributed by atoms with Crippen molar-refractivity contribution < 1.29 is 14.2 Å². The summed E-state index contributed by atoms with van der Waals surface area (Å²) in [7, 11) is 3.26. The average molecular weight is 405 g/mol. The number of piperazine rings is 1. The molecule has 0 amide bonds. The fourth-order valence-corrected chi connectivity index (χ4v) is 3.71. The number of anilines is 1. The Hall–Kier alpha value is -2.11. The number of halogens is 1. The van der Waals surface area contributed by atoms with Crippen molar-refractivity contribution in [2.75, 3.05) is 58.5 Å². The smallest absolute Gasteiger partial charge is 0.164 e. The van der Waals surface area contributed by atoms with Crippen LogP contribution < -0.4 is 19.1 Å². The van der Waals surface area contributed by atoms with E-state index in [4.69, 9.17) is 25.8 Å². The molecule has 1 aliphatic rings. The number of rotatable bonds is 9. The summed E-state index contributed by atoms with van der Waals surface area (Å²) in [4.78, 5) is 4.89. The second-order valence-electron chi connectivity index (χ2n) is 6.85. The lowest BCUT2D eigenvalue weighted by atomic mass is 10.2. The maximum Gasteiger partial charge on any atom is 0.164 e. The SMILES string of the molecule is COc1ccc(OCCCCN2CCN(c3ccccc3Cl)CC2)cc1OC. The van der Waals surface area contributed by atoms with Crippen LogP contribution in [-0.4, -0.2) is 58.5 Å². The van der Waals surface area contributed by atoms with Gasteiger partial charge in [0.05, 0.1) is 31.5 Å². The summed E-state index contributed by atoms with van der Waals surface area (Å²) in [5.41, 5.74) is 1.15. The molecular weight excluding hydrogens is 376 g/mol. The molecule has 0 atom stereocenters. The Labute approximate surface area is 172 Å². The van der Waals surface area contributed by atoms with E-state index in [1.807, 2.05) is 36.4 Å². The van der Waals surface area contributed by atoms with E-state index in [0.29, 0.717) is 18.1 Å². The number of methoxy groups -OCH3 is 2. The van der Waals surface area contributed by atoms with Gasteiger partial charge in [0, 0.05) is 32.2 Å². The lowest BCUT2D eigenvalue weighted by Gasteiger charge is -2.36. The minimum absolute atomic E-state index is 0.691. The fourth-order valence-electron chi connectivity index (χ4n) is 3.45. The van der Waals surface area contributed by atoms with Gasteiger partial charge in [0.2, 0.25) is 0 Å². The molecular formula is C22H29ClN2O3. The number of benzene rings is 2. The summed E-state index contributed by atoms with van der Waals surface area (Å²) < 4.78 is 16.4. The van der Waals surface area contributed by atoms with Crippen LogP contribution in [0.4, 0.5) is 5.69 Å². The third kappa shape index (κ3) is 5.46.